The molecule has 0 radical (unpaired) electrons. The molecule has 2 rings (SSSR count). The van der Waals surface area contributed by atoms with Crippen LogP contribution >= 0.6 is 54.5 Å². The number of hydrogen-bond donors (Lipinski definition) is 1. The lowest BCUT2D eigenvalue weighted by Crippen LogP contribution is -2.16. The van der Waals surface area contributed by atoms with Gasteiger partial charge in [-0.05, 0) is 66.9 Å². The Morgan fingerprint density at radius 1 is 1.42 bits per heavy atom. The monoisotopic (exact) mass is 497 g/mol. The van der Waals surface area contributed by atoms with Crippen LogP contribution in [0.15, 0.2) is 26.0 Å². The number of halogens is 3. The van der Waals surface area contributed by atoms with Gasteiger partial charge in [-0.3, -0.25) is 9.78 Å². The van der Waals surface area contributed by atoms with Gasteiger partial charge in [0.1, 0.15) is 5.69 Å². The van der Waals surface area contributed by atoms with Gasteiger partial charge in [-0.2, -0.15) is 0 Å². The van der Waals surface area contributed by atoms with E-state index in [-0.39, 0.29) is 5.56 Å². The van der Waals surface area contributed by atoms with Gasteiger partial charge in [0, 0.05) is 15.1 Å². The van der Waals surface area contributed by atoms with Crippen LogP contribution in [0.4, 0.5) is 0 Å². The van der Waals surface area contributed by atoms with E-state index in [1.165, 1.54) is 0 Å². The first-order valence-electron chi connectivity index (χ1n) is 5.63. The fraction of sp³-hybridized carbons (Fsp3) is 0.250. The lowest BCUT2D eigenvalue weighted by atomic mass is 10.2. The molecule has 100 valence electrons. The van der Waals surface area contributed by atoms with E-state index in [9.17, 15) is 4.79 Å². The maximum atomic E-state index is 11.9. The predicted molar refractivity (Wildman–Crippen MR) is 90.2 cm³/mol. The second-order valence-corrected chi connectivity index (χ2v) is 6.76. The van der Waals surface area contributed by atoms with Crippen molar-refractivity contribution in [2.45, 2.75) is 19.8 Å². The Morgan fingerprint density at radius 3 is 2.79 bits per heavy atom. The third-order valence-corrected chi connectivity index (χ3v) is 4.60. The molecule has 0 unspecified atom stereocenters. The van der Waals surface area contributed by atoms with Gasteiger partial charge < -0.3 is 4.98 Å². The van der Waals surface area contributed by atoms with Crippen molar-refractivity contribution in [1.82, 2.24) is 15.0 Å². The van der Waals surface area contributed by atoms with E-state index in [2.05, 4.69) is 53.7 Å². The van der Waals surface area contributed by atoms with Gasteiger partial charge in [0.15, 0.2) is 5.82 Å². The Kier molecular flexibility index (Phi) is 5.13. The molecule has 0 saturated carbocycles. The number of H-pyrrole nitrogens is 1. The van der Waals surface area contributed by atoms with E-state index in [1.807, 2.05) is 28.7 Å². The second-order valence-electron chi connectivity index (χ2n) is 3.91. The quantitative estimate of drug-likeness (QED) is 0.653. The minimum absolute atomic E-state index is 0.120. The Hall–Kier alpha value is -0.280. The number of aromatic amines is 1. The summed E-state index contributed by atoms with van der Waals surface area (Å²) in [5.74, 6) is 0.494. The highest BCUT2D eigenvalue weighted by Crippen LogP contribution is 2.26. The topological polar surface area (TPSA) is 58.6 Å². The molecular weight excluding hydrogens is 489 g/mol. The lowest BCUT2D eigenvalue weighted by molar-refractivity contribution is 0.858. The summed E-state index contributed by atoms with van der Waals surface area (Å²) in [5.41, 5.74) is 1.33. The van der Waals surface area contributed by atoms with Gasteiger partial charge in [0.2, 0.25) is 0 Å². The van der Waals surface area contributed by atoms with E-state index in [4.69, 9.17) is 0 Å². The number of rotatable bonds is 3. The highest BCUT2D eigenvalue weighted by molar-refractivity contribution is 14.1. The molecule has 0 bridgehead atoms. The minimum atomic E-state index is -0.120. The Balaban J connectivity index is 2.59. The molecule has 2 aromatic rings. The molecule has 0 spiro atoms. The van der Waals surface area contributed by atoms with Crippen LogP contribution in [-0.4, -0.2) is 15.0 Å². The number of aryl methyl sites for hydroxylation is 1. The molecule has 0 aliphatic rings. The predicted octanol–water partition coefficient (Wildman–Crippen LogP) is 3.91. The molecule has 0 amide bonds. The van der Waals surface area contributed by atoms with Crippen molar-refractivity contribution in [2.75, 3.05) is 0 Å². The zero-order valence-electron chi connectivity index (χ0n) is 10.0. The van der Waals surface area contributed by atoms with Gasteiger partial charge in [-0.15, -0.1) is 0 Å². The molecular formula is C12H10Br2IN3O. The summed E-state index contributed by atoms with van der Waals surface area (Å²) < 4.78 is 2.30. The van der Waals surface area contributed by atoms with Gasteiger partial charge in [0.25, 0.3) is 5.56 Å². The van der Waals surface area contributed by atoms with E-state index in [0.717, 1.165) is 27.5 Å². The average molecular weight is 499 g/mol. The molecule has 0 fully saturated rings. The lowest BCUT2D eigenvalue weighted by Gasteiger charge is -2.07. The van der Waals surface area contributed by atoms with Gasteiger partial charge in [-0.25, -0.2) is 4.98 Å². The molecule has 2 aromatic heterocycles. The van der Waals surface area contributed by atoms with Crippen LogP contribution in [0.3, 0.4) is 0 Å². The molecule has 0 saturated heterocycles. The number of nitrogens with one attached hydrogen (secondary N) is 1. The molecule has 19 heavy (non-hydrogen) atoms. The minimum Gasteiger partial charge on any atom is -0.304 e. The Bertz CT molecular complexity index is 673. The zero-order valence-corrected chi connectivity index (χ0v) is 15.3. The summed E-state index contributed by atoms with van der Waals surface area (Å²) in [4.78, 5) is 23.5. The van der Waals surface area contributed by atoms with E-state index in [1.54, 1.807) is 6.20 Å². The Morgan fingerprint density at radius 2 is 2.16 bits per heavy atom. The highest BCUT2D eigenvalue weighted by Gasteiger charge is 2.13. The van der Waals surface area contributed by atoms with Crippen molar-refractivity contribution in [1.29, 1.82) is 0 Å². The molecule has 7 heteroatoms. The summed E-state index contributed by atoms with van der Waals surface area (Å²) >= 11 is 8.81. The first kappa shape index (κ1) is 15.1. The molecule has 0 aromatic carbocycles. The fourth-order valence-corrected chi connectivity index (χ4v) is 3.31. The van der Waals surface area contributed by atoms with Crippen LogP contribution in [0.2, 0.25) is 0 Å². The van der Waals surface area contributed by atoms with Crippen LogP contribution in [0, 0.1) is 3.57 Å². The van der Waals surface area contributed by atoms with Gasteiger partial charge >= 0.3 is 0 Å². The first-order chi connectivity index (χ1) is 9.02. The molecule has 1 N–H and O–H groups in total. The number of hydrogen-bond acceptors (Lipinski definition) is 3. The summed E-state index contributed by atoms with van der Waals surface area (Å²) in [6.45, 7) is 2.06. The van der Waals surface area contributed by atoms with Crippen LogP contribution < -0.4 is 5.56 Å². The molecule has 4 nitrogen and oxygen atoms in total. The van der Waals surface area contributed by atoms with Crippen molar-refractivity contribution in [3.8, 4) is 11.5 Å². The summed E-state index contributed by atoms with van der Waals surface area (Å²) in [7, 11) is 0. The zero-order chi connectivity index (χ0) is 14.0. The van der Waals surface area contributed by atoms with Crippen molar-refractivity contribution in [3.05, 3.63) is 40.8 Å². The largest absolute Gasteiger partial charge is 0.304 e. The van der Waals surface area contributed by atoms with Crippen LogP contribution in [-0.2, 0) is 6.42 Å². The second kappa shape index (κ2) is 6.45. The fourth-order valence-electron chi connectivity index (χ4n) is 1.61. The van der Waals surface area contributed by atoms with E-state index >= 15 is 0 Å². The van der Waals surface area contributed by atoms with Crippen LogP contribution in [0.1, 0.15) is 19.0 Å². The maximum absolute atomic E-state index is 11.9. The summed E-state index contributed by atoms with van der Waals surface area (Å²) in [5, 5.41) is 0. The summed E-state index contributed by atoms with van der Waals surface area (Å²) in [6.07, 6.45) is 3.40. The summed E-state index contributed by atoms with van der Waals surface area (Å²) in [6, 6.07) is 1.87. The molecule has 0 atom stereocenters. The van der Waals surface area contributed by atoms with Crippen molar-refractivity contribution in [2.24, 2.45) is 0 Å². The van der Waals surface area contributed by atoms with E-state index < -0.39 is 0 Å². The number of aromatic nitrogens is 3. The molecule has 0 aliphatic heterocycles. The normalized spacial score (nSPS) is 10.7. The van der Waals surface area contributed by atoms with Crippen molar-refractivity contribution < 1.29 is 0 Å². The average Bonchev–Trinajstić information content (AvgIpc) is 2.35. The highest BCUT2D eigenvalue weighted by atomic mass is 127. The van der Waals surface area contributed by atoms with Gasteiger partial charge in [-0.1, -0.05) is 13.3 Å². The third-order valence-electron chi connectivity index (χ3n) is 2.45. The first-order valence-corrected chi connectivity index (χ1v) is 8.29. The van der Waals surface area contributed by atoms with Crippen LogP contribution in [0.5, 0.6) is 0 Å². The molecule has 0 aliphatic carbocycles. The Labute approximate surface area is 140 Å². The molecule has 2 heterocycles. The standard InChI is InChI=1S/C12H10Br2IN3O/c1-2-3-8-9(15)12(19)18-11(17-8)10-7(14)4-6(13)5-16-10/h4-5H,2-3H2,1H3,(H,17,18,19). The van der Waals surface area contributed by atoms with Gasteiger partial charge in [0.05, 0.1) is 9.26 Å². The maximum Gasteiger partial charge on any atom is 0.264 e. The number of nitrogens with zero attached hydrogens (tertiary/aromatic N) is 2. The third kappa shape index (κ3) is 3.43. The van der Waals surface area contributed by atoms with Crippen LogP contribution in [0.25, 0.3) is 11.5 Å². The van der Waals surface area contributed by atoms with E-state index in [0.29, 0.717) is 15.1 Å². The smallest absolute Gasteiger partial charge is 0.264 e. The van der Waals surface area contributed by atoms with Crippen molar-refractivity contribution >= 4 is 54.5 Å². The van der Waals surface area contributed by atoms with Crippen molar-refractivity contribution in [3.63, 3.8) is 0 Å². The number of pyridine rings is 1. The SMILES string of the molecule is CCCc1nc(-c2ncc(Br)cc2Br)[nH]c(=O)c1I.